The number of nitrogens with one attached hydrogen (secondary N) is 1. The van der Waals surface area contributed by atoms with Gasteiger partial charge < -0.3 is 24.3 Å². The Hall–Kier alpha value is -4.09. The van der Waals surface area contributed by atoms with E-state index in [1.165, 1.54) is 34.3 Å². The summed E-state index contributed by atoms with van der Waals surface area (Å²) in [5.41, 5.74) is 0.315. The normalized spacial score (nSPS) is 16.6. The molecule has 5 rings (SSSR count). The summed E-state index contributed by atoms with van der Waals surface area (Å²) in [5, 5.41) is 16.9. The lowest BCUT2D eigenvalue weighted by atomic mass is 10.0. The van der Waals surface area contributed by atoms with Crippen molar-refractivity contribution in [2.75, 3.05) is 11.9 Å². The number of benzene rings is 1. The van der Waals surface area contributed by atoms with Crippen molar-refractivity contribution < 1.29 is 28.2 Å². The first-order valence-electron chi connectivity index (χ1n) is 12.1. The molecule has 1 saturated heterocycles. The number of aryl methyl sites for hydroxylation is 1. The highest BCUT2D eigenvalue weighted by molar-refractivity contribution is 6.09. The Kier molecular flexibility index (Phi) is 6.96. The van der Waals surface area contributed by atoms with Gasteiger partial charge in [-0.25, -0.2) is 8.78 Å². The quantitative estimate of drug-likeness (QED) is 0.399. The van der Waals surface area contributed by atoms with Gasteiger partial charge in [-0.2, -0.15) is 5.10 Å². The zero-order chi connectivity index (χ0) is 27.0. The number of aliphatic hydroxyl groups excluding tert-OH is 1. The standard InChI is InChI=1S/C27H26F2N4O5/c1-15(34)22-9-19(23-10-24(35)20(28)13-33(22)23)27(36)31-21-8-16(14-38-25-5-3-4-6-37-25)7-18(26(21)29)17-11-30-32(2)12-17/h7-13,25,34H,3-6,14H2,1-2H3,(H,31,36). The minimum absolute atomic E-state index is 0.0370. The molecule has 1 amide bonds. The Bertz CT molecular complexity index is 1640. The van der Waals surface area contributed by atoms with Crippen molar-refractivity contribution in [2.24, 2.45) is 7.05 Å². The van der Waals surface area contributed by atoms with Crippen LogP contribution in [0, 0.1) is 11.6 Å². The van der Waals surface area contributed by atoms with E-state index in [0.29, 0.717) is 17.7 Å². The largest absolute Gasteiger partial charge is 0.510 e. The van der Waals surface area contributed by atoms with Crippen molar-refractivity contribution in [3.63, 3.8) is 0 Å². The number of hydrogen-bond acceptors (Lipinski definition) is 6. The molecule has 0 radical (unpaired) electrons. The average molecular weight is 525 g/mol. The molecule has 1 atom stereocenters. The molecule has 11 heteroatoms. The number of hydrogen-bond donors (Lipinski definition) is 2. The molecular weight excluding hydrogens is 498 g/mol. The van der Waals surface area contributed by atoms with Gasteiger partial charge in [0, 0.05) is 43.2 Å². The van der Waals surface area contributed by atoms with E-state index < -0.39 is 23.0 Å². The Balaban J connectivity index is 1.53. The lowest BCUT2D eigenvalue weighted by Crippen LogP contribution is -2.22. The van der Waals surface area contributed by atoms with Crippen LogP contribution >= 0.6 is 0 Å². The maximum absolute atomic E-state index is 15.7. The van der Waals surface area contributed by atoms with E-state index in [1.807, 2.05) is 0 Å². The van der Waals surface area contributed by atoms with Gasteiger partial charge in [0.2, 0.25) is 5.43 Å². The molecule has 198 valence electrons. The van der Waals surface area contributed by atoms with Crippen LogP contribution in [-0.2, 0) is 23.1 Å². The highest BCUT2D eigenvalue weighted by Gasteiger charge is 2.21. The maximum Gasteiger partial charge on any atom is 0.257 e. The van der Waals surface area contributed by atoms with Crippen molar-refractivity contribution in [2.45, 2.75) is 39.1 Å². The van der Waals surface area contributed by atoms with Gasteiger partial charge in [-0.1, -0.05) is 0 Å². The minimum Gasteiger partial charge on any atom is -0.510 e. The Morgan fingerprint density at radius 3 is 2.74 bits per heavy atom. The molecule has 1 aliphatic rings. The van der Waals surface area contributed by atoms with E-state index in [2.05, 4.69) is 10.4 Å². The number of rotatable bonds is 6. The third-order valence-corrected chi connectivity index (χ3v) is 6.41. The van der Waals surface area contributed by atoms with Gasteiger partial charge in [0.1, 0.15) is 5.76 Å². The molecule has 1 aliphatic heterocycles. The third-order valence-electron chi connectivity index (χ3n) is 6.41. The van der Waals surface area contributed by atoms with Crippen LogP contribution in [0.4, 0.5) is 14.5 Å². The number of pyridine rings is 1. The van der Waals surface area contributed by atoms with E-state index in [-0.39, 0.29) is 46.3 Å². The van der Waals surface area contributed by atoms with Gasteiger partial charge in [0.15, 0.2) is 17.9 Å². The van der Waals surface area contributed by atoms with Gasteiger partial charge in [-0.15, -0.1) is 0 Å². The number of ether oxygens (including phenoxy) is 2. The molecular formula is C27H26F2N4O5. The zero-order valence-corrected chi connectivity index (χ0v) is 20.8. The summed E-state index contributed by atoms with van der Waals surface area (Å²) in [5.74, 6) is -2.66. The zero-order valence-electron chi connectivity index (χ0n) is 20.8. The first-order chi connectivity index (χ1) is 18.2. The van der Waals surface area contributed by atoms with Crippen molar-refractivity contribution in [3.05, 3.63) is 81.2 Å². The number of aromatic nitrogens is 3. The van der Waals surface area contributed by atoms with Gasteiger partial charge in [0.05, 0.1) is 34.9 Å². The SMILES string of the molecule is CC(O)=c1cc(C(=O)Nc2cc(COC3CCCCO3)cc(-c3cnn(C)c3)c2F)c2cc(=O)c(F)cn12. The lowest BCUT2D eigenvalue weighted by molar-refractivity contribution is -0.168. The number of anilines is 1. The summed E-state index contributed by atoms with van der Waals surface area (Å²) < 4.78 is 43.9. The van der Waals surface area contributed by atoms with Gasteiger partial charge in [-0.05, 0) is 49.9 Å². The Morgan fingerprint density at radius 2 is 2.05 bits per heavy atom. The Labute approximate surface area is 215 Å². The van der Waals surface area contributed by atoms with E-state index >= 15 is 4.39 Å². The monoisotopic (exact) mass is 524 g/mol. The van der Waals surface area contributed by atoms with Crippen LogP contribution in [0.15, 0.2) is 47.7 Å². The summed E-state index contributed by atoms with van der Waals surface area (Å²) in [7, 11) is 1.71. The average Bonchev–Trinajstić information content (AvgIpc) is 3.49. The molecule has 1 aromatic carbocycles. The molecule has 2 N–H and O–H groups in total. The summed E-state index contributed by atoms with van der Waals surface area (Å²) in [6.07, 6.45) is 6.42. The molecule has 1 fully saturated rings. The van der Waals surface area contributed by atoms with Crippen LogP contribution < -0.4 is 16.1 Å². The fraction of sp³-hybridized carbons (Fsp3) is 0.296. The van der Waals surface area contributed by atoms with Gasteiger partial charge >= 0.3 is 0 Å². The van der Waals surface area contributed by atoms with Crippen molar-refractivity contribution >= 4 is 22.9 Å². The predicted octanol–water partition coefficient (Wildman–Crippen LogP) is 3.68. The predicted molar refractivity (Wildman–Crippen MR) is 135 cm³/mol. The number of fused-ring (bicyclic) bond motifs is 1. The summed E-state index contributed by atoms with van der Waals surface area (Å²) in [4.78, 5) is 25.3. The molecule has 38 heavy (non-hydrogen) atoms. The van der Waals surface area contributed by atoms with Crippen molar-refractivity contribution in [1.82, 2.24) is 14.2 Å². The molecule has 4 aromatic rings. The molecule has 9 nitrogen and oxygen atoms in total. The number of aliphatic hydroxyl groups is 1. The van der Waals surface area contributed by atoms with Gasteiger partial charge in [-0.3, -0.25) is 14.3 Å². The van der Waals surface area contributed by atoms with Crippen LogP contribution in [0.1, 0.15) is 42.1 Å². The fourth-order valence-corrected chi connectivity index (χ4v) is 4.51. The topological polar surface area (TPSA) is 107 Å². The van der Waals surface area contributed by atoms with E-state index in [0.717, 1.165) is 31.5 Å². The highest BCUT2D eigenvalue weighted by Crippen LogP contribution is 2.31. The number of amides is 1. The second-order valence-corrected chi connectivity index (χ2v) is 9.24. The Morgan fingerprint density at radius 1 is 1.24 bits per heavy atom. The minimum atomic E-state index is -1.04. The molecule has 4 heterocycles. The first-order valence-corrected chi connectivity index (χ1v) is 12.1. The fourth-order valence-electron chi connectivity index (χ4n) is 4.51. The first kappa shape index (κ1) is 25.6. The van der Waals surface area contributed by atoms with Crippen LogP contribution in [0.5, 0.6) is 0 Å². The second-order valence-electron chi connectivity index (χ2n) is 9.24. The van der Waals surface area contributed by atoms with Crippen molar-refractivity contribution in [3.8, 4) is 11.1 Å². The van der Waals surface area contributed by atoms with Crippen LogP contribution in [0.3, 0.4) is 0 Å². The highest BCUT2D eigenvalue weighted by atomic mass is 19.1. The summed E-state index contributed by atoms with van der Waals surface area (Å²) in [6, 6.07) is 5.37. The number of halogens is 2. The lowest BCUT2D eigenvalue weighted by Gasteiger charge is -2.23. The van der Waals surface area contributed by atoms with Crippen LogP contribution in [0.2, 0.25) is 0 Å². The third kappa shape index (κ3) is 5.02. The summed E-state index contributed by atoms with van der Waals surface area (Å²) in [6.45, 7) is 2.10. The number of nitrogens with zero attached hydrogens (tertiary/aromatic N) is 3. The number of carbonyl (C=O) groups is 1. The van der Waals surface area contributed by atoms with E-state index in [1.54, 1.807) is 19.3 Å². The molecule has 0 aliphatic carbocycles. The smallest absolute Gasteiger partial charge is 0.257 e. The van der Waals surface area contributed by atoms with E-state index in [4.69, 9.17) is 9.47 Å². The maximum atomic E-state index is 15.7. The number of carbonyl (C=O) groups excluding carboxylic acids is 1. The van der Waals surface area contributed by atoms with Crippen molar-refractivity contribution in [1.29, 1.82) is 0 Å². The van der Waals surface area contributed by atoms with Crippen LogP contribution in [-0.4, -0.2) is 38.1 Å². The van der Waals surface area contributed by atoms with Gasteiger partial charge in [0.25, 0.3) is 5.91 Å². The molecule has 0 spiro atoms. The molecule has 1 unspecified atom stereocenters. The van der Waals surface area contributed by atoms with E-state index in [9.17, 15) is 19.1 Å². The second kappa shape index (κ2) is 10.3. The van der Waals surface area contributed by atoms with Crippen LogP contribution in [0.25, 0.3) is 22.4 Å². The summed E-state index contributed by atoms with van der Waals surface area (Å²) >= 11 is 0. The molecule has 0 saturated carbocycles. The molecule has 0 bridgehead atoms. The molecule has 3 aromatic heterocycles.